The predicted octanol–water partition coefficient (Wildman–Crippen LogP) is 3.73. The smallest absolute Gasteiger partial charge is 0.338 e. The van der Waals surface area contributed by atoms with Crippen LogP contribution < -0.4 is 14.8 Å². The summed E-state index contributed by atoms with van der Waals surface area (Å²) in [6.45, 7) is 5.59. The maximum absolute atomic E-state index is 12.3. The number of nitrogens with one attached hydrogen (secondary N) is 1. The Labute approximate surface area is 170 Å². The van der Waals surface area contributed by atoms with Crippen molar-refractivity contribution in [1.29, 1.82) is 0 Å². The van der Waals surface area contributed by atoms with Crippen molar-refractivity contribution in [1.82, 2.24) is 0 Å². The summed E-state index contributed by atoms with van der Waals surface area (Å²) in [7, 11) is 1.49. The van der Waals surface area contributed by atoms with Gasteiger partial charge in [-0.25, -0.2) is 4.79 Å². The summed E-state index contributed by atoms with van der Waals surface area (Å²) in [4.78, 5) is 35.5. The molecule has 0 aliphatic heterocycles. The molecule has 7 heteroatoms. The van der Waals surface area contributed by atoms with Gasteiger partial charge in [-0.05, 0) is 48.4 Å². The molecule has 0 bridgehead atoms. The fourth-order valence-corrected chi connectivity index (χ4v) is 2.41. The van der Waals surface area contributed by atoms with E-state index in [0.29, 0.717) is 35.3 Å². The number of ketones is 1. The molecule has 0 spiro atoms. The minimum Gasteiger partial charge on any atom is -0.493 e. The highest BCUT2D eigenvalue weighted by molar-refractivity contribution is 6.00. The molecule has 0 aliphatic carbocycles. The molecule has 0 fully saturated rings. The van der Waals surface area contributed by atoms with E-state index < -0.39 is 12.6 Å². The highest BCUT2D eigenvalue weighted by Gasteiger charge is 2.15. The first kappa shape index (κ1) is 21.9. The van der Waals surface area contributed by atoms with Crippen molar-refractivity contribution in [2.45, 2.75) is 20.8 Å². The fourth-order valence-electron chi connectivity index (χ4n) is 2.41. The largest absolute Gasteiger partial charge is 0.493 e. The zero-order valence-electron chi connectivity index (χ0n) is 17.0. The van der Waals surface area contributed by atoms with Crippen LogP contribution in [0.25, 0.3) is 0 Å². The Morgan fingerprint density at radius 3 is 2.21 bits per heavy atom. The van der Waals surface area contributed by atoms with Crippen molar-refractivity contribution in [3.8, 4) is 11.5 Å². The minimum absolute atomic E-state index is 0.200. The van der Waals surface area contributed by atoms with Gasteiger partial charge in [0, 0.05) is 18.2 Å². The molecular weight excluding hydrogens is 374 g/mol. The number of rotatable bonds is 9. The Hall–Kier alpha value is -3.35. The zero-order chi connectivity index (χ0) is 21.4. The summed E-state index contributed by atoms with van der Waals surface area (Å²) in [6, 6.07) is 11.1. The van der Waals surface area contributed by atoms with Crippen molar-refractivity contribution in [2.75, 3.05) is 25.6 Å². The van der Waals surface area contributed by atoms with E-state index in [9.17, 15) is 14.4 Å². The van der Waals surface area contributed by atoms with Crippen LogP contribution in [0.5, 0.6) is 11.5 Å². The first-order valence-corrected chi connectivity index (χ1v) is 9.19. The number of esters is 1. The zero-order valence-corrected chi connectivity index (χ0v) is 17.0. The van der Waals surface area contributed by atoms with Crippen LogP contribution in [0.1, 0.15) is 41.5 Å². The second kappa shape index (κ2) is 10.3. The molecule has 154 valence electrons. The molecule has 0 radical (unpaired) electrons. The average Bonchev–Trinajstić information content (AvgIpc) is 2.70. The molecule has 0 atom stereocenters. The van der Waals surface area contributed by atoms with Gasteiger partial charge < -0.3 is 19.5 Å². The van der Waals surface area contributed by atoms with Gasteiger partial charge in [0.1, 0.15) is 0 Å². The lowest BCUT2D eigenvalue weighted by Crippen LogP contribution is -2.15. The number of Topliss-reactive ketones (excluding diaryl/α,β-unsaturated/α-hetero) is 1. The van der Waals surface area contributed by atoms with Crippen molar-refractivity contribution < 1.29 is 28.6 Å². The Morgan fingerprint density at radius 2 is 1.62 bits per heavy atom. The maximum Gasteiger partial charge on any atom is 0.338 e. The average molecular weight is 399 g/mol. The lowest BCUT2D eigenvalue weighted by atomic mass is 10.1. The first-order chi connectivity index (χ1) is 13.8. The number of carbonyl (C=O) groups is 3. The second-order valence-corrected chi connectivity index (χ2v) is 6.83. The SMILES string of the molecule is COc1cc(C(=O)OCC(=O)c2ccc(NC(C)=O)cc2)ccc1OCC(C)C. The predicted molar refractivity (Wildman–Crippen MR) is 109 cm³/mol. The van der Waals surface area contributed by atoms with Gasteiger partial charge in [0.2, 0.25) is 5.91 Å². The van der Waals surface area contributed by atoms with Crippen LogP contribution in [0.15, 0.2) is 42.5 Å². The Bertz CT molecular complexity index is 873. The number of hydrogen-bond donors (Lipinski definition) is 1. The molecule has 1 N–H and O–H groups in total. The van der Waals surface area contributed by atoms with E-state index in [0.717, 1.165) is 0 Å². The number of methoxy groups -OCH3 is 1. The quantitative estimate of drug-likeness (QED) is 0.510. The summed E-state index contributed by atoms with van der Waals surface area (Å²) in [5, 5.41) is 2.62. The van der Waals surface area contributed by atoms with Gasteiger partial charge >= 0.3 is 5.97 Å². The third kappa shape index (κ3) is 6.64. The van der Waals surface area contributed by atoms with Gasteiger partial charge in [-0.3, -0.25) is 9.59 Å². The minimum atomic E-state index is -0.637. The number of anilines is 1. The fraction of sp³-hybridized carbons (Fsp3) is 0.318. The van der Waals surface area contributed by atoms with E-state index in [2.05, 4.69) is 5.32 Å². The molecule has 0 unspecified atom stereocenters. The topological polar surface area (TPSA) is 90.9 Å². The van der Waals surface area contributed by atoms with E-state index >= 15 is 0 Å². The molecule has 2 aromatic carbocycles. The lowest BCUT2D eigenvalue weighted by Gasteiger charge is -2.13. The third-order valence-corrected chi connectivity index (χ3v) is 3.83. The van der Waals surface area contributed by atoms with Crippen molar-refractivity contribution >= 4 is 23.3 Å². The van der Waals surface area contributed by atoms with Crippen molar-refractivity contribution in [3.63, 3.8) is 0 Å². The Balaban J connectivity index is 1.97. The van der Waals surface area contributed by atoms with Gasteiger partial charge in [0.25, 0.3) is 0 Å². The normalized spacial score (nSPS) is 10.4. The first-order valence-electron chi connectivity index (χ1n) is 9.19. The number of amides is 1. The summed E-state index contributed by atoms with van der Waals surface area (Å²) >= 11 is 0. The number of ether oxygens (including phenoxy) is 3. The van der Waals surface area contributed by atoms with E-state index in [1.54, 1.807) is 36.4 Å². The molecule has 0 saturated heterocycles. The van der Waals surface area contributed by atoms with Gasteiger partial charge in [-0.15, -0.1) is 0 Å². The standard InChI is InChI=1S/C22H25NO6/c1-14(2)12-28-20-10-7-17(11-21(20)27-4)22(26)29-13-19(25)16-5-8-18(9-6-16)23-15(3)24/h5-11,14H,12-13H2,1-4H3,(H,23,24). The molecule has 0 saturated carbocycles. The molecule has 0 heterocycles. The highest BCUT2D eigenvalue weighted by atomic mass is 16.5. The van der Waals surface area contributed by atoms with E-state index in [4.69, 9.17) is 14.2 Å². The number of hydrogen-bond acceptors (Lipinski definition) is 6. The maximum atomic E-state index is 12.3. The van der Waals surface area contributed by atoms with Crippen LogP contribution in [0, 0.1) is 5.92 Å². The summed E-state index contributed by atoms with van der Waals surface area (Å²) in [5.74, 6) is 0.114. The molecule has 2 aromatic rings. The van der Waals surface area contributed by atoms with Crippen LogP contribution in [0.4, 0.5) is 5.69 Å². The molecule has 0 aliphatic rings. The highest BCUT2D eigenvalue weighted by Crippen LogP contribution is 2.28. The van der Waals surface area contributed by atoms with E-state index in [1.807, 2.05) is 13.8 Å². The van der Waals surface area contributed by atoms with Crippen LogP contribution in [0.2, 0.25) is 0 Å². The van der Waals surface area contributed by atoms with Crippen LogP contribution >= 0.6 is 0 Å². The lowest BCUT2D eigenvalue weighted by molar-refractivity contribution is -0.114. The number of carbonyl (C=O) groups excluding carboxylic acids is 3. The van der Waals surface area contributed by atoms with Crippen LogP contribution in [-0.2, 0) is 9.53 Å². The summed E-state index contributed by atoms with van der Waals surface area (Å²) in [5.41, 5.74) is 1.22. The molecular formula is C22H25NO6. The van der Waals surface area contributed by atoms with Crippen molar-refractivity contribution in [2.24, 2.45) is 5.92 Å². The van der Waals surface area contributed by atoms with Gasteiger partial charge in [0.05, 0.1) is 19.3 Å². The Morgan fingerprint density at radius 1 is 0.966 bits per heavy atom. The Kier molecular flexibility index (Phi) is 7.77. The van der Waals surface area contributed by atoms with Crippen LogP contribution in [0.3, 0.4) is 0 Å². The molecule has 29 heavy (non-hydrogen) atoms. The van der Waals surface area contributed by atoms with E-state index in [-0.39, 0.29) is 17.3 Å². The third-order valence-electron chi connectivity index (χ3n) is 3.83. The second-order valence-electron chi connectivity index (χ2n) is 6.83. The molecule has 1 amide bonds. The van der Waals surface area contributed by atoms with Gasteiger partial charge in [-0.2, -0.15) is 0 Å². The monoisotopic (exact) mass is 399 g/mol. The molecule has 7 nitrogen and oxygen atoms in total. The summed E-state index contributed by atoms with van der Waals surface area (Å²) in [6.07, 6.45) is 0. The molecule has 0 aromatic heterocycles. The van der Waals surface area contributed by atoms with Gasteiger partial charge in [-0.1, -0.05) is 13.8 Å². The van der Waals surface area contributed by atoms with E-state index in [1.165, 1.54) is 20.1 Å². The van der Waals surface area contributed by atoms with Crippen LogP contribution in [-0.4, -0.2) is 38.0 Å². The van der Waals surface area contributed by atoms with Crippen molar-refractivity contribution in [3.05, 3.63) is 53.6 Å². The number of benzene rings is 2. The summed E-state index contributed by atoms with van der Waals surface area (Å²) < 4.78 is 16.1. The van der Waals surface area contributed by atoms with Gasteiger partial charge in [0.15, 0.2) is 23.9 Å². The molecule has 2 rings (SSSR count).